The van der Waals surface area contributed by atoms with E-state index in [4.69, 9.17) is 9.47 Å². The van der Waals surface area contributed by atoms with Crippen LogP contribution in [-0.2, 0) is 19.1 Å². The van der Waals surface area contributed by atoms with Gasteiger partial charge in [0.05, 0.1) is 6.61 Å². The largest absolute Gasteiger partial charge is 0.462 e. The highest BCUT2D eigenvalue weighted by molar-refractivity contribution is 5.70. The molecule has 82 heavy (non-hydrogen) atoms. The lowest BCUT2D eigenvalue weighted by atomic mass is 10.0. The molecular weight excluding hydrogens is 1000 g/mol. The number of allylic oxidation sites excluding steroid dienone is 4. The normalized spacial score (nSPS) is 12.2. The molecular formula is C77H148O5. The topological polar surface area (TPSA) is 72.8 Å². The molecule has 0 bridgehead atoms. The molecule has 0 rings (SSSR count). The molecule has 0 aliphatic carbocycles. The van der Waals surface area contributed by atoms with Gasteiger partial charge in [0.15, 0.2) is 6.10 Å². The third-order valence-corrected chi connectivity index (χ3v) is 17.7. The van der Waals surface area contributed by atoms with Crippen molar-refractivity contribution in [3.63, 3.8) is 0 Å². The van der Waals surface area contributed by atoms with Gasteiger partial charge in [0.2, 0.25) is 0 Å². The lowest BCUT2D eigenvalue weighted by Gasteiger charge is -2.15. The summed E-state index contributed by atoms with van der Waals surface area (Å²) in [4.78, 5) is 24.7. The van der Waals surface area contributed by atoms with Crippen molar-refractivity contribution in [1.82, 2.24) is 0 Å². The quantitative estimate of drug-likeness (QED) is 0.0373. The summed E-state index contributed by atoms with van der Waals surface area (Å²) in [5.41, 5.74) is 0. The second kappa shape index (κ2) is 73.6. The summed E-state index contributed by atoms with van der Waals surface area (Å²) in [5, 5.41) is 9.71. The Morgan fingerprint density at radius 3 is 0.720 bits per heavy atom. The molecule has 0 heterocycles. The average molecular weight is 1150 g/mol. The number of carbonyl (C=O) groups excluding carboxylic acids is 2. The van der Waals surface area contributed by atoms with Crippen molar-refractivity contribution in [3.8, 4) is 0 Å². The van der Waals surface area contributed by atoms with Crippen LogP contribution in [0.2, 0.25) is 0 Å². The molecule has 0 aromatic heterocycles. The van der Waals surface area contributed by atoms with E-state index >= 15 is 0 Å². The van der Waals surface area contributed by atoms with Crippen LogP contribution in [0.15, 0.2) is 24.3 Å². The lowest BCUT2D eigenvalue weighted by Crippen LogP contribution is -2.28. The van der Waals surface area contributed by atoms with E-state index in [1.54, 1.807) is 0 Å². The first-order valence-corrected chi connectivity index (χ1v) is 37.9. The Hall–Kier alpha value is -1.62. The summed E-state index contributed by atoms with van der Waals surface area (Å²) in [6.45, 7) is 4.21. The van der Waals surface area contributed by atoms with E-state index < -0.39 is 6.10 Å². The van der Waals surface area contributed by atoms with Crippen LogP contribution in [0.5, 0.6) is 0 Å². The summed E-state index contributed by atoms with van der Waals surface area (Å²) in [5.74, 6) is -0.563. The number of rotatable bonds is 72. The third-order valence-electron chi connectivity index (χ3n) is 17.7. The van der Waals surface area contributed by atoms with E-state index in [-0.39, 0.29) is 25.2 Å². The van der Waals surface area contributed by atoms with Crippen molar-refractivity contribution in [2.75, 3.05) is 13.2 Å². The molecule has 0 aliphatic rings. The maximum atomic E-state index is 12.4. The second-order valence-corrected chi connectivity index (χ2v) is 26.1. The van der Waals surface area contributed by atoms with Crippen LogP contribution in [0.25, 0.3) is 0 Å². The van der Waals surface area contributed by atoms with E-state index in [1.807, 2.05) is 0 Å². The average Bonchev–Trinajstić information content (AvgIpc) is 3.49. The Balaban J connectivity index is 3.35. The maximum Gasteiger partial charge on any atom is 0.306 e. The van der Waals surface area contributed by atoms with Crippen molar-refractivity contribution >= 4 is 11.9 Å². The van der Waals surface area contributed by atoms with Crippen LogP contribution in [-0.4, -0.2) is 36.4 Å². The molecule has 0 aromatic rings. The van der Waals surface area contributed by atoms with Crippen molar-refractivity contribution in [1.29, 1.82) is 0 Å². The molecule has 0 saturated heterocycles. The summed E-state index contributed by atoms with van der Waals surface area (Å²) < 4.78 is 10.8. The minimum absolute atomic E-state index is 0.0581. The molecule has 1 atom stereocenters. The van der Waals surface area contributed by atoms with Crippen LogP contribution in [0.4, 0.5) is 0 Å². The highest BCUT2D eigenvalue weighted by Crippen LogP contribution is 2.20. The smallest absolute Gasteiger partial charge is 0.306 e. The molecule has 1 unspecified atom stereocenters. The molecule has 0 fully saturated rings. The van der Waals surface area contributed by atoms with Gasteiger partial charge in [-0.05, 0) is 44.9 Å². The Labute approximate surface area is 514 Å². The molecule has 486 valence electrons. The van der Waals surface area contributed by atoms with Gasteiger partial charge in [0, 0.05) is 12.8 Å². The number of ether oxygens (including phenoxy) is 2. The zero-order chi connectivity index (χ0) is 59.1. The van der Waals surface area contributed by atoms with E-state index in [9.17, 15) is 14.7 Å². The van der Waals surface area contributed by atoms with Crippen molar-refractivity contribution in [3.05, 3.63) is 24.3 Å². The fourth-order valence-electron chi connectivity index (χ4n) is 12.1. The molecule has 5 heteroatoms. The molecule has 0 saturated carbocycles. The second-order valence-electron chi connectivity index (χ2n) is 26.1. The van der Waals surface area contributed by atoms with Crippen LogP contribution >= 0.6 is 0 Å². The number of hydrogen-bond acceptors (Lipinski definition) is 5. The van der Waals surface area contributed by atoms with E-state index in [1.165, 1.54) is 372 Å². The number of hydrogen-bond donors (Lipinski definition) is 1. The molecule has 0 aliphatic heterocycles. The minimum atomic E-state index is -0.769. The van der Waals surface area contributed by atoms with Crippen LogP contribution < -0.4 is 0 Å². The summed E-state index contributed by atoms with van der Waals surface area (Å²) >= 11 is 0. The lowest BCUT2D eigenvalue weighted by molar-refractivity contribution is -0.161. The third kappa shape index (κ3) is 70.9. The molecule has 0 spiro atoms. The fraction of sp³-hybridized carbons (Fsp3) is 0.922. The monoisotopic (exact) mass is 1150 g/mol. The van der Waals surface area contributed by atoms with E-state index in [0.717, 1.165) is 38.5 Å². The Kier molecular flexibility index (Phi) is 72.2. The van der Waals surface area contributed by atoms with Crippen molar-refractivity contribution in [2.45, 2.75) is 444 Å². The van der Waals surface area contributed by atoms with Crippen molar-refractivity contribution < 1.29 is 24.2 Å². The Morgan fingerprint density at radius 1 is 0.280 bits per heavy atom. The predicted octanol–water partition coefficient (Wildman–Crippen LogP) is 26.3. The zero-order valence-electron chi connectivity index (χ0n) is 56.1. The number of aliphatic hydroxyl groups is 1. The van der Waals surface area contributed by atoms with Gasteiger partial charge in [-0.3, -0.25) is 9.59 Å². The highest BCUT2D eigenvalue weighted by Gasteiger charge is 2.16. The SMILES string of the molecule is CCCCCCC/C=C\C/C=C\CCCCCCCCCCCCCCCCCCCC(=O)OC(CO)COC(=O)CCCCCCCCCCCCCCCCCCCCCCCCCCCCCCCCCCCCCCCCC. The predicted molar refractivity (Wildman–Crippen MR) is 362 cm³/mol. The van der Waals surface area contributed by atoms with Gasteiger partial charge in [0.25, 0.3) is 0 Å². The highest BCUT2D eigenvalue weighted by atomic mass is 16.6. The first-order chi connectivity index (χ1) is 40.6. The number of carbonyl (C=O) groups is 2. The first-order valence-electron chi connectivity index (χ1n) is 37.9. The molecule has 0 aromatic carbocycles. The van der Waals surface area contributed by atoms with Gasteiger partial charge in [-0.1, -0.05) is 404 Å². The standard InChI is InChI=1S/C77H148O5/c1-3-5-7-9-11-13-15-17-19-21-23-25-27-29-31-33-34-35-36-37-38-39-40-41-42-44-45-47-49-51-53-55-57-59-61-63-65-67-69-71-76(79)81-74-75(73-78)82-77(80)72-70-68-66-64-62-60-58-56-54-52-50-48-46-43-32-30-28-26-24-22-20-18-16-14-12-10-8-6-4-2/h16,18,22,24,75,78H,3-15,17,19-21,23,25-74H2,1-2H3/b18-16-,24-22-. The van der Waals surface area contributed by atoms with Crippen LogP contribution in [0.3, 0.4) is 0 Å². The fourth-order valence-corrected chi connectivity index (χ4v) is 12.1. The number of unbranched alkanes of at least 4 members (excludes halogenated alkanes) is 60. The summed E-state index contributed by atoms with van der Waals surface area (Å²) in [6.07, 6.45) is 96.9. The maximum absolute atomic E-state index is 12.4. The minimum Gasteiger partial charge on any atom is -0.462 e. The Morgan fingerprint density at radius 2 is 0.488 bits per heavy atom. The summed E-state index contributed by atoms with van der Waals surface area (Å²) in [6, 6.07) is 0. The molecule has 5 nitrogen and oxygen atoms in total. The van der Waals surface area contributed by atoms with Gasteiger partial charge < -0.3 is 14.6 Å². The van der Waals surface area contributed by atoms with Crippen LogP contribution in [0.1, 0.15) is 438 Å². The van der Waals surface area contributed by atoms with Gasteiger partial charge in [-0.2, -0.15) is 0 Å². The Bertz CT molecular complexity index is 1260. The van der Waals surface area contributed by atoms with E-state index in [0.29, 0.717) is 12.8 Å². The number of esters is 2. The van der Waals surface area contributed by atoms with Crippen molar-refractivity contribution in [2.24, 2.45) is 0 Å². The van der Waals surface area contributed by atoms with Gasteiger partial charge in [0.1, 0.15) is 6.61 Å². The van der Waals surface area contributed by atoms with E-state index in [2.05, 4.69) is 38.2 Å². The zero-order valence-corrected chi connectivity index (χ0v) is 56.1. The van der Waals surface area contributed by atoms with Gasteiger partial charge in [-0.25, -0.2) is 0 Å². The molecule has 0 amide bonds. The molecule has 0 radical (unpaired) electrons. The first kappa shape index (κ1) is 80.4. The van der Waals surface area contributed by atoms with Crippen LogP contribution in [0, 0.1) is 0 Å². The van der Waals surface area contributed by atoms with Gasteiger partial charge in [-0.15, -0.1) is 0 Å². The summed E-state index contributed by atoms with van der Waals surface area (Å²) in [7, 11) is 0. The molecule has 1 N–H and O–H groups in total. The number of aliphatic hydroxyl groups excluding tert-OH is 1. The van der Waals surface area contributed by atoms with Gasteiger partial charge >= 0.3 is 11.9 Å².